The van der Waals surface area contributed by atoms with Crippen LogP contribution in [0.25, 0.3) is 0 Å². The maximum absolute atomic E-state index is 11.6. The van der Waals surface area contributed by atoms with Crippen molar-refractivity contribution in [3.63, 3.8) is 0 Å². The zero-order valence-electron chi connectivity index (χ0n) is 8.15. The van der Waals surface area contributed by atoms with Gasteiger partial charge in [0.05, 0.1) is 0 Å². The van der Waals surface area contributed by atoms with Crippen LogP contribution in [-0.2, 0) is 9.53 Å². The highest BCUT2D eigenvalue weighted by Crippen LogP contribution is 2.14. The lowest BCUT2D eigenvalue weighted by Gasteiger charge is -2.06. The fraction of sp³-hybridized carbons (Fsp3) is 0.667. The number of rotatable bonds is 4. The monoisotopic (exact) mass is 210 g/mol. The average Bonchev–Trinajstić information content (AvgIpc) is 2.00. The standard InChI is InChI=1S/C9H13F3O2/c1-3-4-7(2)5-8(13)14-6-9(10,11)12/h5H,3-4,6H2,1-2H3/b7-5+. The van der Waals surface area contributed by atoms with Crippen molar-refractivity contribution >= 4 is 5.97 Å². The van der Waals surface area contributed by atoms with Crippen LogP contribution in [0, 0.1) is 0 Å². The molecule has 0 aliphatic carbocycles. The Bertz CT molecular complexity index is 219. The van der Waals surface area contributed by atoms with Gasteiger partial charge in [0.1, 0.15) is 0 Å². The van der Waals surface area contributed by atoms with E-state index in [0.29, 0.717) is 6.42 Å². The van der Waals surface area contributed by atoms with E-state index < -0.39 is 18.8 Å². The van der Waals surface area contributed by atoms with Crippen molar-refractivity contribution in [1.29, 1.82) is 0 Å². The molecule has 0 fully saturated rings. The first-order valence-corrected chi connectivity index (χ1v) is 4.26. The third kappa shape index (κ3) is 7.64. The highest BCUT2D eigenvalue weighted by molar-refractivity contribution is 5.82. The van der Waals surface area contributed by atoms with Gasteiger partial charge in [-0.1, -0.05) is 18.9 Å². The number of carbonyl (C=O) groups excluding carboxylic acids is 1. The third-order valence-corrected chi connectivity index (χ3v) is 1.39. The molecule has 0 atom stereocenters. The number of hydrogen-bond donors (Lipinski definition) is 0. The predicted octanol–water partition coefficient (Wildman–Crippen LogP) is 2.84. The van der Waals surface area contributed by atoms with Gasteiger partial charge in [-0.05, 0) is 13.3 Å². The zero-order valence-corrected chi connectivity index (χ0v) is 8.15. The molecular formula is C9H13F3O2. The number of allylic oxidation sites excluding steroid dienone is 1. The molecule has 0 N–H and O–H groups in total. The van der Waals surface area contributed by atoms with Gasteiger partial charge in [-0.25, -0.2) is 4.79 Å². The molecule has 0 heterocycles. The minimum absolute atomic E-state index is 0.682. The van der Waals surface area contributed by atoms with E-state index in [2.05, 4.69) is 4.74 Å². The Kier molecular flexibility index (Phi) is 5.27. The number of ether oxygens (including phenoxy) is 1. The first-order chi connectivity index (χ1) is 6.35. The molecule has 0 saturated carbocycles. The summed E-state index contributed by atoms with van der Waals surface area (Å²) in [5.41, 5.74) is 0.722. The lowest BCUT2D eigenvalue weighted by atomic mass is 10.2. The van der Waals surface area contributed by atoms with Crippen molar-refractivity contribution in [3.05, 3.63) is 11.6 Å². The van der Waals surface area contributed by atoms with Gasteiger partial charge in [0.15, 0.2) is 6.61 Å². The van der Waals surface area contributed by atoms with E-state index in [1.54, 1.807) is 6.92 Å². The first-order valence-electron chi connectivity index (χ1n) is 4.26. The van der Waals surface area contributed by atoms with Gasteiger partial charge in [0.25, 0.3) is 0 Å². The lowest BCUT2D eigenvalue weighted by Crippen LogP contribution is -2.19. The Morgan fingerprint density at radius 1 is 1.43 bits per heavy atom. The predicted molar refractivity (Wildman–Crippen MR) is 45.7 cm³/mol. The Hall–Kier alpha value is -1.00. The van der Waals surface area contributed by atoms with Crippen molar-refractivity contribution in [2.45, 2.75) is 32.9 Å². The Morgan fingerprint density at radius 3 is 2.43 bits per heavy atom. The molecular weight excluding hydrogens is 197 g/mol. The molecule has 14 heavy (non-hydrogen) atoms. The van der Waals surface area contributed by atoms with Gasteiger partial charge in [0, 0.05) is 6.08 Å². The molecule has 0 radical (unpaired) electrons. The molecule has 0 spiro atoms. The highest BCUT2D eigenvalue weighted by Gasteiger charge is 2.29. The fourth-order valence-corrected chi connectivity index (χ4v) is 0.862. The summed E-state index contributed by atoms with van der Waals surface area (Å²) >= 11 is 0. The summed E-state index contributed by atoms with van der Waals surface area (Å²) in [6.45, 7) is 2.07. The molecule has 0 amide bonds. The first kappa shape index (κ1) is 13.0. The SMILES string of the molecule is CCC/C(C)=C/C(=O)OCC(F)(F)F. The average molecular weight is 210 g/mol. The van der Waals surface area contributed by atoms with E-state index in [0.717, 1.165) is 18.1 Å². The summed E-state index contributed by atoms with van der Waals surface area (Å²) in [6.07, 6.45) is -1.84. The molecule has 0 unspecified atom stereocenters. The summed E-state index contributed by atoms with van der Waals surface area (Å²) < 4.78 is 38.8. The van der Waals surface area contributed by atoms with Crippen LogP contribution < -0.4 is 0 Å². The number of carbonyl (C=O) groups is 1. The van der Waals surface area contributed by atoms with E-state index in [4.69, 9.17) is 0 Å². The number of hydrogen-bond acceptors (Lipinski definition) is 2. The van der Waals surface area contributed by atoms with Crippen molar-refractivity contribution in [2.75, 3.05) is 6.61 Å². The Labute approximate surface area is 80.7 Å². The molecule has 0 saturated heterocycles. The maximum Gasteiger partial charge on any atom is 0.422 e. The molecule has 5 heteroatoms. The number of esters is 1. The lowest BCUT2D eigenvalue weighted by molar-refractivity contribution is -0.182. The van der Waals surface area contributed by atoms with Gasteiger partial charge < -0.3 is 4.74 Å². The second-order valence-electron chi connectivity index (χ2n) is 2.96. The fourth-order valence-electron chi connectivity index (χ4n) is 0.862. The van der Waals surface area contributed by atoms with Gasteiger partial charge in [-0.3, -0.25) is 0 Å². The zero-order chi connectivity index (χ0) is 11.2. The van der Waals surface area contributed by atoms with E-state index in [1.165, 1.54) is 0 Å². The minimum Gasteiger partial charge on any atom is -0.453 e. The molecule has 0 bridgehead atoms. The van der Waals surface area contributed by atoms with Crippen LogP contribution >= 0.6 is 0 Å². The van der Waals surface area contributed by atoms with E-state index in [9.17, 15) is 18.0 Å². The summed E-state index contributed by atoms with van der Waals surface area (Å²) in [4.78, 5) is 10.8. The van der Waals surface area contributed by atoms with E-state index in [-0.39, 0.29) is 0 Å². The molecule has 0 aromatic carbocycles. The Morgan fingerprint density at radius 2 is 2.00 bits per heavy atom. The van der Waals surface area contributed by atoms with Crippen molar-refractivity contribution in [1.82, 2.24) is 0 Å². The second-order valence-corrected chi connectivity index (χ2v) is 2.96. The molecule has 0 rings (SSSR count). The van der Waals surface area contributed by atoms with Gasteiger partial charge in [-0.15, -0.1) is 0 Å². The topological polar surface area (TPSA) is 26.3 Å². The van der Waals surface area contributed by atoms with Crippen LogP contribution in [0.3, 0.4) is 0 Å². The maximum atomic E-state index is 11.6. The smallest absolute Gasteiger partial charge is 0.422 e. The van der Waals surface area contributed by atoms with Crippen molar-refractivity contribution in [3.8, 4) is 0 Å². The van der Waals surface area contributed by atoms with Crippen molar-refractivity contribution < 1.29 is 22.7 Å². The minimum atomic E-state index is -4.46. The molecule has 0 aliphatic heterocycles. The van der Waals surface area contributed by atoms with E-state index >= 15 is 0 Å². The van der Waals surface area contributed by atoms with Crippen LogP contribution in [0.2, 0.25) is 0 Å². The molecule has 0 aromatic heterocycles. The highest BCUT2D eigenvalue weighted by atomic mass is 19.4. The molecule has 2 nitrogen and oxygen atoms in total. The number of halogens is 3. The number of alkyl halides is 3. The second kappa shape index (κ2) is 5.67. The normalized spacial score (nSPS) is 12.8. The van der Waals surface area contributed by atoms with Gasteiger partial charge in [0.2, 0.25) is 0 Å². The summed E-state index contributed by atoms with van der Waals surface area (Å²) in [6, 6.07) is 0. The molecule has 0 aliphatic rings. The molecule has 0 aromatic rings. The van der Waals surface area contributed by atoms with Crippen LogP contribution in [0.1, 0.15) is 26.7 Å². The van der Waals surface area contributed by atoms with Gasteiger partial charge >= 0.3 is 12.1 Å². The Balaban J connectivity index is 3.92. The summed E-state index contributed by atoms with van der Waals surface area (Å²) in [5.74, 6) is -0.937. The largest absolute Gasteiger partial charge is 0.453 e. The van der Waals surface area contributed by atoms with Gasteiger partial charge in [-0.2, -0.15) is 13.2 Å². The quantitative estimate of drug-likeness (QED) is 0.526. The summed E-state index contributed by atoms with van der Waals surface area (Å²) in [7, 11) is 0. The summed E-state index contributed by atoms with van der Waals surface area (Å²) in [5, 5.41) is 0. The van der Waals surface area contributed by atoms with Crippen LogP contribution in [0.4, 0.5) is 13.2 Å². The third-order valence-electron chi connectivity index (χ3n) is 1.39. The van der Waals surface area contributed by atoms with Crippen LogP contribution in [0.15, 0.2) is 11.6 Å². The molecule has 82 valence electrons. The van der Waals surface area contributed by atoms with E-state index in [1.807, 2.05) is 6.92 Å². The van der Waals surface area contributed by atoms with Crippen LogP contribution in [-0.4, -0.2) is 18.8 Å². The van der Waals surface area contributed by atoms with Crippen molar-refractivity contribution in [2.24, 2.45) is 0 Å². The van der Waals surface area contributed by atoms with Crippen LogP contribution in [0.5, 0.6) is 0 Å².